The van der Waals surface area contributed by atoms with Gasteiger partial charge in [0.05, 0.1) is 6.54 Å². The average molecular weight is 197 g/mol. The molecule has 1 aromatic heterocycles. The molecule has 2 N–H and O–H groups in total. The first-order chi connectivity index (χ1) is 6.83. The predicted octanol–water partition coefficient (Wildman–Crippen LogP) is 0.491. The monoisotopic (exact) mass is 197 g/mol. The van der Waals surface area contributed by atoms with E-state index in [1.165, 1.54) is 0 Å². The van der Waals surface area contributed by atoms with E-state index in [0.717, 1.165) is 26.1 Å². The number of aliphatic hydroxyl groups is 1. The highest BCUT2D eigenvalue weighted by atomic mass is 16.3. The fraction of sp³-hybridized carbons (Fsp3) is 0.700. The SMILES string of the molecule is CC(CCO)CNCCn1cccn1. The zero-order valence-corrected chi connectivity index (χ0v) is 8.69. The topological polar surface area (TPSA) is 50.1 Å². The van der Waals surface area contributed by atoms with E-state index in [-0.39, 0.29) is 6.61 Å². The maximum atomic E-state index is 8.70. The second-order valence-electron chi connectivity index (χ2n) is 3.59. The average Bonchev–Trinajstić information content (AvgIpc) is 2.65. The van der Waals surface area contributed by atoms with Gasteiger partial charge >= 0.3 is 0 Å². The van der Waals surface area contributed by atoms with E-state index in [2.05, 4.69) is 17.3 Å². The number of nitrogens with zero attached hydrogens (tertiary/aromatic N) is 2. The minimum absolute atomic E-state index is 0.280. The summed E-state index contributed by atoms with van der Waals surface area (Å²) in [4.78, 5) is 0. The van der Waals surface area contributed by atoms with Gasteiger partial charge < -0.3 is 10.4 Å². The molecule has 0 saturated carbocycles. The molecule has 0 saturated heterocycles. The van der Waals surface area contributed by atoms with Crippen LogP contribution in [0.25, 0.3) is 0 Å². The standard InChI is InChI=1S/C10H19N3O/c1-10(3-8-14)9-11-5-7-13-6-2-4-12-13/h2,4,6,10-11,14H,3,5,7-9H2,1H3. The lowest BCUT2D eigenvalue weighted by molar-refractivity contribution is 0.260. The van der Waals surface area contributed by atoms with E-state index in [0.29, 0.717) is 5.92 Å². The van der Waals surface area contributed by atoms with Crippen LogP contribution in [0.2, 0.25) is 0 Å². The van der Waals surface area contributed by atoms with Crippen LogP contribution in [0.1, 0.15) is 13.3 Å². The van der Waals surface area contributed by atoms with Crippen LogP contribution in [0.5, 0.6) is 0 Å². The second-order valence-corrected chi connectivity index (χ2v) is 3.59. The van der Waals surface area contributed by atoms with E-state index < -0.39 is 0 Å². The minimum atomic E-state index is 0.280. The molecule has 1 rings (SSSR count). The molecule has 4 heteroatoms. The Labute approximate surface area is 84.9 Å². The van der Waals surface area contributed by atoms with Gasteiger partial charge in [0.25, 0.3) is 0 Å². The number of hydrogen-bond acceptors (Lipinski definition) is 3. The highest BCUT2D eigenvalue weighted by Crippen LogP contribution is 1.97. The normalized spacial score (nSPS) is 13.0. The molecule has 0 aliphatic rings. The van der Waals surface area contributed by atoms with Crippen molar-refractivity contribution < 1.29 is 5.11 Å². The van der Waals surface area contributed by atoms with E-state index in [1.54, 1.807) is 6.20 Å². The summed E-state index contributed by atoms with van der Waals surface area (Å²) in [6.07, 6.45) is 4.61. The Morgan fingerprint density at radius 2 is 2.43 bits per heavy atom. The highest BCUT2D eigenvalue weighted by Gasteiger charge is 1.99. The van der Waals surface area contributed by atoms with E-state index in [9.17, 15) is 0 Å². The maximum absolute atomic E-state index is 8.70. The molecule has 0 radical (unpaired) electrons. The quantitative estimate of drug-likeness (QED) is 0.625. The van der Waals surface area contributed by atoms with Crippen molar-refractivity contribution in [3.8, 4) is 0 Å². The Bertz CT molecular complexity index is 223. The summed E-state index contributed by atoms with van der Waals surface area (Å²) in [5.41, 5.74) is 0. The summed E-state index contributed by atoms with van der Waals surface area (Å²) in [5.74, 6) is 0.539. The zero-order valence-electron chi connectivity index (χ0n) is 8.69. The van der Waals surface area contributed by atoms with Crippen molar-refractivity contribution in [1.82, 2.24) is 15.1 Å². The minimum Gasteiger partial charge on any atom is -0.396 e. The van der Waals surface area contributed by atoms with Gasteiger partial charge in [0, 0.05) is 25.5 Å². The third-order valence-corrected chi connectivity index (χ3v) is 2.19. The molecule has 0 spiro atoms. The summed E-state index contributed by atoms with van der Waals surface area (Å²) >= 11 is 0. The fourth-order valence-electron chi connectivity index (χ4n) is 1.30. The molecule has 0 aliphatic heterocycles. The van der Waals surface area contributed by atoms with Crippen molar-refractivity contribution in [1.29, 1.82) is 0 Å². The number of rotatable bonds is 7. The molecule has 0 bridgehead atoms. The fourth-order valence-corrected chi connectivity index (χ4v) is 1.30. The van der Waals surface area contributed by atoms with Crippen LogP contribution in [0.3, 0.4) is 0 Å². The first-order valence-corrected chi connectivity index (χ1v) is 5.12. The van der Waals surface area contributed by atoms with Gasteiger partial charge in [-0.05, 0) is 24.9 Å². The van der Waals surface area contributed by atoms with Crippen LogP contribution in [0.4, 0.5) is 0 Å². The Balaban J connectivity index is 1.99. The van der Waals surface area contributed by atoms with Gasteiger partial charge in [0.2, 0.25) is 0 Å². The lowest BCUT2D eigenvalue weighted by atomic mass is 10.1. The molecule has 1 aromatic rings. The third-order valence-electron chi connectivity index (χ3n) is 2.19. The molecule has 1 atom stereocenters. The molecule has 80 valence electrons. The van der Waals surface area contributed by atoms with Gasteiger partial charge in [-0.1, -0.05) is 6.92 Å². The van der Waals surface area contributed by atoms with Crippen molar-refractivity contribution in [2.45, 2.75) is 19.9 Å². The van der Waals surface area contributed by atoms with Gasteiger partial charge in [-0.2, -0.15) is 5.10 Å². The van der Waals surface area contributed by atoms with Crippen molar-refractivity contribution in [2.75, 3.05) is 19.7 Å². The third kappa shape index (κ3) is 4.39. The summed E-state index contributed by atoms with van der Waals surface area (Å²) in [6.45, 7) is 5.21. The van der Waals surface area contributed by atoms with Crippen LogP contribution in [0.15, 0.2) is 18.5 Å². The number of nitrogens with one attached hydrogen (secondary N) is 1. The summed E-state index contributed by atoms with van der Waals surface area (Å²) in [7, 11) is 0. The number of hydrogen-bond donors (Lipinski definition) is 2. The smallest absolute Gasteiger partial charge is 0.0533 e. The Kier molecular flexibility index (Phi) is 5.25. The summed E-state index contributed by atoms with van der Waals surface area (Å²) in [6, 6.07) is 1.92. The lowest BCUT2D eigenvalue weighted by Gasteiger charge is -2.10. The van der Waals surface area contributed by atoms with Crippen LogP contribution < -0.4 is 5.32 Å². The maximum Gasteiger partial charge on any atom is 0.0533 e. The van der Waals surface area contributed by atoms with Gasteiger partial charge in [-0.25, -0.2) is 0 Å². The van der Waals surface area contributed by atoms with Crippen molar-refractivity contribution in [3.63, 3.8) is 0 Å². The largest absolute Gasteiger partial charge is 0.396 e. The second kappa shape index (κ2) is 6.56. The van der Waals surface area contributed by atoms with Crippen molar-refractivity contribution >= 4 is 0 Å². The number of aliphatic hydroxyl groups excluding tert-OH is 1. The predicted molar refractivity (Wildman–Crippen MR) is 56.0 cm³/mol. The Hall–Kier alpha value is -0.870. The Morgan fingerprint density at radius 3 is 3.07 bits per heavy atom. The van der Waals surface area contributed by atoms with E-state index >= 15 is 0 Å². The lowest BCUT2D eigenvalue weighted by Crippen LogP contribution is -2.25. The molecule has 0 amide bonds. The van der Waals surface area contributed by atoms with Crippen LogP contribution in [0, 0.1) is 5.92 Å². The van der Waals surface area contributed by atoms with E-state index in [4.69, 9.17) is 5.11 Å². The summed E-state index contributed by atoms with van der Waals surface area (Å²) < 4.78 is 1.91. The van der Waals surface area contributed by atoms with E-state index in [1.807, 2.05) is 16.9 Å². The van der Waals surface area contributed by atoms with Crippen LogP contribution in [-0.2, 0) is 6.54 Å². The van der Waals surface area contributed by atoms with Gasteiger partial charge in [-0.3, -0.25) is 4.68 Å². The van der Waals surface area contributed by atoms with Crippen LogP contribution >= 0.6 is 0 Å². The molecule has 4 nitrogen and oxygen atoms in total. The Morgan fingerprint density at radius 1 is 1.57 bits per heavy atom. The van der Waals surface area contributed by atoms with Gasteiger partial charge in [-0.15, -0.1) is 0 Å². The molecular weight excluding hydrogens is 178 g/mol. The molecule has 1 unspecified atom stereocenters. The van der Waals surface area contributed by atoms with Gasteiger partial charge in [0.1, 0.15) is 0 Å². The molecule has 14 heavy (non-hydrogen) atoms. The molecular formula is C10H19N3O. The van der Waals surface area contributed by atoms with Crippen molar-refractivity contribution in [2.24, 2.45) is 5.92 Å². The molecule has 1 heterocycles. The highest BCUT2D eigenvalue weighted by molar-refractivity contribution is 4.77. The first-order valence-electron chi connectivity index (χ1n) is 5.12. The van der Waals surface area contributed by atoms with Gasteiger partial charge in [0.15, 0.2) is 0 Å². The molecule has 0 aliphatic carbocycles. The van der Waals surface area contributed by atoms with Crippen LogP contribution in [-0.4, -0.2) is 34.6 Å². The summed E-state index contributed by atoms with van der Waals surface area (Å²) in [5, 5.41) is 16.1. The molecule has 0 fully saturated rings. The van der Waals surface area contributed by atoms with Crippen molar-refractivity contribution in [3.05, 3.63) is 18.5 Å². The zero-order chi connectivity index (χ0) is 10.2. The number of aromatic nitrogens is 2. The first kappa shape index (κ1) is 11.2. The molecule has 0 aromatic carbocycles.